The predicted octanol–water partition coefficient (Wildman–Crippen LogP) is 3.88. The van der Waals surface area contributed by atoms with E-state index in [0.29, 0.717) is 17.5 Å². The Hall–Kier alpha value is -1.17. The Balaban J connectivity index is 2.46. The van der Waals surface area contributed by atoms with Crippen LogP contribution in [-0.2, 0) is 6.54 Å². The fourth-order valence-electron chi connectivity index (χ4n) is 1.61. The van der Waals surface area contributed by atoms with Crippen LogP contribution >= 0.6 is 11.6 Å². The molecule has 0 aliphatic heterocycles. The molecule has 2 nitrogen and oxygen atoms in total. The highest BCUT2D eigenvalue weighted by Crippen LogP contribution is 2.25. The third-order valence-electron chi connectivity index (χ3n) is 2.54. The number of halogens is 1. The average molecular weight is 280 g/mol. The Morgan fingerprint density at radius 1 is 1.37 bits per heavy atom. The maximum Gasteiger partial charge on any atom is 0.137 e. The fourth-order valence-corrected chi connectivity index (χ4v) is 1.87. The van der Waals surface area contributed by atoms with Gasteiger partial charge in [-0.2, -0.15) is 0 Å². The molecule has 104 valence electrons. The Kier molecular flexibility index (Phi) is 7.40. The van der Waals surface area contributed by atoms with Crippen LogP contribution in [0.25, 0.3) is 0 Å². The van der Waals surface area contributed by atoms with Gasteiger partial charge in [-0.15, -0.1) is 11.8 Å². The second kappa shape index (κ2) is 8.85. The van der Waals surface area contributed by atoms with Crippen LogP contribution in [-0.4, -0.2) is 13.2 Å². The van der Waals surface area contributed by atoms with Gasteiger partial charge in [-0.05, 0) is 37.1 Å². The summed E-state index contributed by atoms with van der Waals surface area (Å²) in [6, 6.07) is 5.92. The molecule has 0 saturated carbocycles. The average Bonchev–Trinajstić information content (AvgIpc) is 2.36. The van der Waals surface area contributed by atoms with Crippen LogP contribution in [0.1, 0.15) is 32.8 Å². The molecule has 1 aromatic rings. The molecule has 0 aromatic heterocycles. The van der Waals surface area contributed by atoms with Gasteiger partial charge in [0.2, 0.25) is 0 Å². The van der Waals surface area contributed by atoms with Gasteiger partial charge in [0, 0.05) is 13.0 Å². The Bertz CT molecular complexity index is 446. The molecule has 19 heavy (non-hydrogen) atoms. The molecule has 0 atom stereocenters. The number of rotatable bonds is 7. The third kappa shape index (κ3) is 6.52. The van der Waals surface area contributed by atoms with Crippen LogP contribution in [0.3, 0.4) is 0 Å². The van der Waals surface area contributed by atoms with Crippen molar-refractivity contribution in [1.29, 1.82) is 0 Å². The topological polar surface area (TPSA) is 21.3 Å². The molecular formula is C16H22ClNO. The normalized spacial score (nSPS) is 10.2. The maximum atomic E-state index is 6.19. The van der Waals surface area contributed by atoms with E-state index in [4.69, 9.17) is 16.3 Å². The van der Waals surface area contributed by atoms with Crippen molar-refractivity contribution in [2.24, 2.45) is 5.92 Å². The summed E-state index contributed by atoms with van der Waals surface area (Å²) >= 11 is 6.19. The minimum absolute atomic E-state index is 0.575. The van der Waals surface area contributed by atoms with E-state index in [9.17, 15) is 0 Å². The van der Waals surface area contributed by atoms with E-state index < -0.39 is 0 Å². The predicted molar refractivity (Wildman–Crippen MR) is 81.6 cm³/mol. The highest BCUT2D eigenvalue weighted by molar-refractivity contribution is 6.32. The summed E-state index contributed by atoms with van der Waals surface area (Å²) in [4.78, 5) is 0. The van der Waals surface area contributed by atoms with Crippen molar-refractivity contribution in [2.45, 2.75) is 33.7 Å². The summed E-state index contributed by atoms with van der Waals surface area (Å²) in [5.41, 5.74) is 1.17. The van der Waals surface area contributed by atoms with Crippen molar-refractivity contribution >= 4 is 11.6 Å². The van der Waals surface area contributed by atoms with Crippen molar-refractivity contribution in [1.82, 2.24) is 5.32 Å². The molecule has 0 heterocycles. The van der Waals surface area contributed by atoms with E-state index in [0.717, 1.165) is 25.3 Å². The molecule has 0 aliphatic carbocycles. The molecule has 0 amide bonds. The fraction of sp³-hybridized carbons (Fsp3) is 0.500. The lowest BCUT2D eigenvalue weighted by atomic mass is 10.2. The lowest BCUT2D eigenvalue weighted by Gasteiger charge is -2.10. The molecule has 0 unspecified atom stereocenters. The summed E-state index contributed by atoms with van der Waals surface area (Å²) < 4.78 is 5.58. The maximum absolute atomic E-state index is 6.19. The second-order valence-electron chi connectivity index (χ2n) is 4.81. The zero-order valence-electron chi connectivity index (χ0n) is 11.9. The Morgan fingerprint density at radius 3 is 2.79 bits per heavy atom. The van der Waals surface area contributed by atoms with E-state index in [1.165, 1.54) is 5.56 Å². The van der Waals surface area contributed by atoms with Crippen LogP contribution in [0.5, 0.6) is 5.75 Å². The minimum Gasteiger partial charge on any atom is -0.491 e. The first kappa shape index (κ1) is 15.9. The van der Waals surface area contributed by atoms with Gasteiger partial charge in [0.25, 0.3) is 0 Å². The summed E-state index contributed by atoms with van der Waals surface area (Å²) in [7, 11) is 0. The van der Waals surface area contributed by atoms with Gasteiger partial charge in [0.05, 0.1) is 11.6 Å². The lowest BCUT2D eigenvalue weighted by Crippen LogP contribution is -2.18. The number of benzene rings is 1. The quantitative estimate of drug-likeness (QED) is 0.604. The zero-order chi connectivity index (χ0) is 14.1. The molecule has 1 rings (SSSR count). The molecule has 0 aliphatic rings. The van der Waals surface area contributed by atoms with Crippen molar-refractivity contribution in [3.05, 3.63) is 28.8 Å². The summed E-state index contributed by atoms with van der Waals surface area (Å²) in [6.07, 6.45) is 0.727. The molecule has 0 saturated heterocycles. The monoisotopic (exact) mass is 279 g/mol. The standard InChI is InChI=1S/C16H22ClNO/c1-4-5-6-9-19-16-8-7-14(10-15(16)17)12-18-11-13(2)3/h7-8,10,13,18H,6,9,11-12H2,1-3H3. The first-order chi connectivity index (χ1) is 9.13. The molecule has 0 fully saturated rings. The number of hydrogen-bond acceptors (Lipinski definition) is 2. The van der Waals surface area contributed by atoms with Crippen LogP contribution in [0, 0.1) is 17.8 Å². The van der Waals surface area contributed by atoms with Crippen molar-refractivity contribution in [3.8, 4) is 17.6 Å². The molecule has 0 bridgehead atoms. The molecule has 3 heteroatoms. The molecular weight excluding hydrogens is 258 g/mol. The smallest absolute Gasteiger partial charge is 0.137 e. The van der Waals surface area contributed by atoms with Crippen LogP contribution < -0.4 is 10.1 Å². The molecule has 0 spiro atoms. The van der Waals surface area contributed by atoms with Gasteiger partial charge in [0.15, 0.2) is 0 Å². The van der Waals surface area contributed by atoms with Crippen LogP contribution in [0.4, 0.5) is 0 Å². The molecule has 1 aromatic carbocycles. The van der Waals surface area contributed by atoms with Gasteiger partial charge in [0.1, 0.15) is 5.75 Å². The number of hydrogen-bond donors (Lipinski definition) is 1. The van der Waals surface area contributed by atoms with E-state index in [-0.39, 0.29) is 0 Å². The lowest BCUT2D eigenvalue weighted by molar-refractivity contribution is 0.327. The number of ether oxygens (including phenoxy) is 1. The van der Waals surface area contributed by atoms with Crippen molar-refractivity contribution in [3.63, 3.8) is 0 Å². The van der Waals surface area contributed by atoms with E-state index in [2.05, 4.69) is 31.0 Å². The third-order valence-corrected chi connectivity index (χ3v) is 2.83. The second-order valence-corrected chi connectivity index (χ2v) is 5.22. The molecule has 0 radical (unpaired) electrons. The van der Waals surface area contributed by atoms with E-state index in [1.807, 2.05) is 25.1 Å². The van der Waals surface area contributed by atoms with Crippen molar-refractivity contribution in [2.75, 3.05) is 13.2 Å². The molecule has 1 N–H and O–H groups in total. The van der Waals surface area contributed by atoms with Gasteiger partial charge in [-0.25, -0.2) is 0 Å². The van der Waals surface area contributed by atoms with E-state index >= 15 is 0 Å². The largest absolute Gasteiger partial charge is 0.491 e. The first-order valence-electron chi connectivity index (χ1n) is 6.65. The Morgan fingerprint density at radius 2 is 2.16 bits per heavy atom. The SMILES string of the molecule is CC#CCCOc1ccc(CNCC(C)C)cc1Cl. The minimum atomic E-state index is 0.575. The summed E-state index contributed by atoms with van der Waals surface area (Å²) in [5, 5.41) is 4.05. The van der Waals surface area contributed by atoms with Gasteiger partial charge >= 0.3 is 0 Å². The van der Waals surface area contributed by atoms with Gasteiger partial charge < -0.3 is 10.1 Å². The van der Waals surface area contributed by atoms with Crippen LogP contribution in [0.15, 0.2) is 18.2 Å². The number of nitrogens with one attached hydrogen (secondary N) is 1. The van der Waals surface area contributed by atoms with E-state index in [1.54, 1.807) is 0 Å². The highest BCUT2D eigenvalue weighted by Gasteiger charge is 2.03. The van der Waals surface area contributed by atoms with Crippen molar-refractivity contribution < 1.29 is 4.74 Å². The highest BCUT2D eigenvalue weighted by atomic mass is 35.5. The zero-order valence-corrected chi connectivity index (χ0v) is 12.7. The van der Waals surface area contributed by atoms with Gasteiger partial charge in [-0.1, -0.05) is 31.5 Å². The Labute approximate surface area is 121 Å². The first-order valence-corrected chi connectivity index (χ1v) is 7.02. The van der Waals surface area contributed by atoms with Crippen LogP contribution in [0.2, 0.25) is 5.02 Å². The summed E-state index contributed by atoms with van der Waals surface area (Å²) in [6.45, 7) is 8.62. The summed E-state index contributed by atoms with van der Waals surface area (Å²) in [5.74, 6) is 7.18. The van der Waals surface area contributed by atoms with Gasteiger partial charge in [-0.3, -0.25) is 0 Å².